The van der Waals surface area contributed by atoms with Gasteiger partial charge in [0.1, 0.15) is 11.7 Å². The van der Waals surface area contributed by atoms with Gasteiger partial charge in [0.05, 0.1) is 5.56 Å². The van der Waals surface area contributed by atoms with E-state index in [1.54, 1.807) is 12.1 Å². The van der Waals surface area contributed by atoms with Crippen LogP contribution in [0.5, 0.6) is 0 Å². The third-order valence-corrected chi connectivity index (χ3v) is 3.86. The highest BCUT2D eigenvalue weighted by Crippen LogP contribution is 2.29. The standard InChI is InChI=1S/C18H15ClF3N3/c19-14-7-9-15(10-8-14)24-16-2-1-11-23-17(25-16)12-3-5-13(6-4-12)18(20,21)22/h2-10,24H,1,11H2,(H,23,25). The molecular weight excluding hydrogens is 351 g/mol. The largest absolute Gasteiger partial charge is 0.416 e. The van der Waals surface area contributed by atoms with Crippen molar-refractivity contribution in [1.29, 1.82) is 0 Å². The molecule has 0 aliphatic carbocycles. The maximum atomic E-state index is 12.7. The third kappa shape index (κ3) is 4.54. The van der Waals surface area contributed by atoms with E-state index in [9.17, 15) is 13.2 Å². The van der Waals surface area contributed by atoms with Crippen molar-refractivity contribution in [2.45, 2.75) is 12.6 Å². The lowest BCUT2D eigenvalue weighted by Crippen LogP contribution is -2.27. The van der Waals surface area contributed by atoms with Crippen LogP contribution in [0.4, 0.5) is 18.9 Å². The first-order valence-corrected chi connectivity index (χ1v) is 8.01. The Morgan fingerprint density at radius 1 is 1.00 bits per heavy atom. The van der Waals surface area contributed by atoms with Crippen LogP contribution < -0.4 is 10.6 Å². The summed E-state index contributed by atoms with van der Waals surface area (Å²) in [6, 6.07) is 12.2. The SMILES string of the molecule is FC(F)(F)c1ccc(C2=NCCC=C(Nc3ccc(Cl)cc3)N2)cc1. The van der Waals surface area contributed by atoms with Crippen LogP contribution in [0, 0.1) is 0 Å². The average molecular weight is 366 g/mol. The van der Waals surface area contributed by atoms with Crippen LogP contribution in [0.15, 0.2) is 65.4 Å². The Bertz CT molecular complexity index is 794. The van der Waals surface area contributed by atoms with E-state index >= 15 is 0 Å². The van der Waals surface area contributed by atoms with Crippen molar-refractivity contribution in [3.8, 4) is 0 Å². The molecule has 2 aromatic carbocycles. The summed E-state index contributed by atoms with van der Waals surface area (Å²) in [5, 5.41) is 6.99. The molecule has 0 saturated heterocycles. The Morgan fingerprint density at radius 3 is 2.32 bits per heavy atom. The molecule has 130 valence electrons. The van der Waals surface area contributed by atoms with Crippen LogP contribution in [0.3, 0.4) is 0 Å². The van der Waals surface area contributed by atoms with Crippen molar-refractivity contribution >= 4 is 23.1 Å². The summed E-state index contributed by atoms with van der Waals surface area (Å²) in [6.07, 6.45) is -1.68. The zero-order valence-electron chi connectivity index (χ0n) is 13.1. The summed E-state index contributed by atoms with van der Waals surface area (Å²) in [5.41, 5.74) is 0.760. The first-order valence-electron chi connectivity index (χ1n) is 7.64. The fourth-order valence-electron chi connectivity index (χ4n) is 2.35. The first kappa shape index (κ1) is 17.4. The average Bonchev–Trinajstić information content (AvgIpc) is 2.82. The van der Waals surface area contributed by atoms with E-state index in [4.69, 9.17) is 11.6 Å². The van der Waals surface area contributed by atoms with Crippen molar-refractivity contribution in [3.05, 3.63) is 76.6 Å². The summed E-state index contributed by atoms with van der Waals surface area (Å²) >= 11 is 5.87. The third-order valence-electron chi connectivity index (χ3n) is 3.61. The number of rotatable bonds is 3. The van der Waals surface area contributed by atoms with Crippen LogP contribution in [-0.4, -0.2) is 12.4 Å². The van der Waals surface area contributed by atoms with Gasteiger partial charge < -0.3 is 10.6 Å². The number of hydrogen-bond donors (Lipinski definition) is 2. The molecule has 0 saturated carbocycles. The van der Waals surface area contributed by atoms with Crippen LogP contribution in [-0.2, 0) is 6.18 Å². The van der Waals surface area contributed by atoms with E-state index in [-0.39, 0.29) is 0 Å². The van der Waals surface area contributed by atoms with Gasteiger partial charge in [0, 0.05) is 22.8 Å². The Hall–Kier alpha value is -2.47. The van der Waals surface area contributed by atoms with Crippen LogP contribution in [0.25, 0.3) is 0 Å². The van der Waals surface area contributed by atoms with Gasteiger partial charge in [-0.3, -0.25) is 4.99 Å². The van der Waals surface area contributed by atoms with Gasteiger partial charge in [-0.1, -0.05) is 23.7 Å². The van der Waals surface area contributed by atoms with Crippen LogP contribution >= 0.6 is 11.6 Å². The molecule has 3 nitrogen and oxygen atoms in total. The Labute approximate surface area is 148 Å². The summed E-state index contributed by atoms with van der Waals surface area (Å²) in [4.78, 5) is 4.40. The van der Waals surface area contributed by atoms with Crippen molar-refractivity contribution in [1.82, 2.24) is 5.32 Å². The second-order valence-corrected chi connectivity index (χ2v) is 5.91. The first-order chi connectivity index (χ1) is 11.9. The highest BCUT2D eigenvalue weighted by Gasteiger charge is 2.30. The van der Waals surface area contributed by atoms with Gasteiger partial charge in [-0.05, 0) is 48.9 Å². The lowest BCUT2D eigenvalue weighted by Gasteiger charge is -2.15. The minimum absolute atomic E-state index is 0.527. The molecule has 25 heavy (non-hydrogen) atoms. The highest BCUT2D eigenvalue weighted by molar-refractivity contribution is 6.30. The predicted octanol–water partition coefficient (Wildman–Crippen LogP) is 5.05. The van der Waals surface area contributed by atoms with Gasteiger partial charge in [0.25, 0.3) is 0 Å². The number of nitrogens with one attached hydrogen (secondary N) is 2. The van der Waals surface area contributed by atoms with E-state index in [2.05, 4.69) is 15.6 Å². The lowest BCUT2D eigenvalue weighted by molar-refractivity contribution is -0.137. The molecule has 0 spiro atoms. The van der Waals surface area contributed by atoms with Crippen molar-refractivity contribution in [2.75, 3.05) is 11.9 Å². The summed E-state index contributed by atoms with van der Waals surface area (Å²) in [6.45, 7) is 0.551. The molecular formula is C18H15ClF3N3. The smallest absolute Gasteiger partial charge is 0.342 e. The Balaban J connectivity index is 1.75. The molecule has 1 aliphatic heterocycles. The molecule has 0 bridgehead atoms. The molecule has 7 heteroatoms. The molecule has 0 unspecified atom stereocenters. The quantitative estimate of drug-likeness (QED) is 0.798. The minimum Gasteiger partial charge on any atom is -0.342 e. The monoisotopic (exact) mass is 365 g/mol. The molecule has 2 N–H and O–H groups in total. The molecule has 2 aromatic rings. The number of halogens is 4. The van der Waals surface area contributed by atoms with Crippen LogP contribution in [0.1, 0.15) is 17.5 Å². The second-order valence-electron chi connectivity index (χ2n) is 5.47. The Morgan fingerprint density at radius 2 is 1.68 bits per heavy atom. The van der Waals surface area contributed by atoms with Gasteiger partial charge in [-0.25, -0.2) is 0 Å². The van der Waals surface area contributed by atoms with E-state index in [1.807, 2.05) is 18.2 Å². The summed E-state index contributed by atoms with van der Waals surface area (Å²) in [5.74, 6) is 1.25. The maximum Gasteiger partial charge on any atom is 0.416 e. The zero-order chi connectivity index (χ0) is 17.9. The number of alkyl halides is 3. The lowest BCUT2D eigenvalue weighted by atomic mass is 10.1. The minimum atomic E-state index is -4.35. The maximum absolute atomic E-state index is 12.7. The number of anilines is 1. The van der Waals surface area contributed by atoms with Gasteiger partial charge in [0.15, 0.2) is 0 Å². The number of hydrogen-bond acceptors (Lipinski definition) is 3. The molecule has 3 rings (SSSR count). The fraction of sp³-hybridized carbons (Fsp3) is 0.167. The number of benzene rings is 2. The normalized spacial score (nSPS) is 14.9. The highest BCUT2D eigenvalue weighted by atomic mass is 35.5. The topological polar surface area (TPSA) is 36.4 Å². The number of nitrogens with zero attached hydrogens (tertiary/aromatic N) is 1. The van der Waals surface area contributed by atoms with Crippen LogP contribution in [0.2, 0.25) is 5.02 Å². The number of aliphatic imine (C=N–C) groups is 1. The van der Waals surface area contributed by atoms with E-state index in [0.717, 1.165) is 23.6 Å². The zero-order valence-corrected chi connectivity index (χ0v) is 13.8. The van der Waals surface area contributed by atoms with Gasteiger partial charge >= 0.3 is 6.18 Å². The molecule has 0 radical (unpaired) electrons. The second kappa shape index (κ2) is 7.19. The fourth-order valence-corrected chi connectivity index (χ4v) is 2.48. The molecule has 0 aromatic heterocycles. The van der Waals surface area contributed by atoms with Crippen molar-refractivity contribution in [3.63, 3.8) is 0 Å². The summed E-state index contributed by atoms with van der Waals surface area (Å²) < 4.78 is 38.1. The predicted molar refractivity (Wildman–Crippen MR) is 93.8 cm³/mol. The van der Waals surface area contributed by atoms with Gasteiger partial charge in [0.2, 0.25) is 0 Å². The van der Waals surface area contributed by atoms with E-state index < -0.39 is 11.7 Å². The summed E-state index contributed by atoms with van der Waals surface area (Å²) in [7, 11) is 0. The van der Waals surface area contributed by atoms with E-state index in [0.29, 0.717) is 29.4 Å². The number of amidine groups is 1. The van der Waals surface area contributed by atoms with E-state index in [1.165, 1.54) is 12.1 Å². The molecule has 0 fully saturated rings. The molecule has 1 heterocycles. The molecule has 1 aliphatic rings. The Kier molecular flexibility index (Phi) is 4.99. The van der Waals surface area contributed by atoms with Crippen molar-refractivity contribution < 1.29 is 13.2 Å². The molecule has 0 amide bonds. The van der Waals surface area contributed by atoms with Gasteiger partial charge in [-0.15, -0.1) is 0 Å². The molecule has 0 atom stereocenters. The van der Waals surface area contributed by atoms with Crippen molar-refractivity contribution in [2.24, 2.45) is 4.99 Å². The van der Waals surface area contributed by atoms with Gasteiger partial charge in [-0.2, -0.15) is 13.2 Å².